The fourth-order valence-corrected chi connectivity index (χ4v) is 3.72. The quantitative estimate of drug-likeness (QED) is 0.252. The van der Waals surface area contributed by atoms with Gasteiger partial charge in [0.2, 0.25) is 5.78 Å². The monoisotopic (exact) mass is 466 g/mol. The first-order valence-corrected chi connectivity index (χ1v) is 11.1. The third-order valence-corrected chi connectivity index (χ3v) is 5.48. The Morgan fingerprint density at radius 3 is 2.55 bits per heavy atom. The topological polar surface area (TPSA) is 81.9 Å². The highest BCUT2D eigenvalue weighted by Gasteiger charge is 2.28. The number of ether oxygens (including phenoxy) is 2. The number of carbonyl (C=O) groups excluding carboxylic acids is 2. The Labute approximate surface area is 196 Å². The van der Waals surface area contributed by atoms with Gasteiger partial charge in [0.1, 0.15) is 17.3 Å². The Hall–Kier alpha value is -3.58. The van der Waals surface area contributed by atoms with Crippen molar-refractivity contribution in [3.8, 4) is 11.5 Å². The zero-order valence-electron chi connectivity index (χ0n) is 18.3. The van der Waals surface area contributed by atoms with E-state index in [0.29, 0.717) is 29.2 Å². The highest BCUT2D eigenvalue weighted by Crippen LogP contribution is 2.35. The summed E-state index contributed by atoms with van der Waals surface area (Å²) in [7, 11) is 0. The first-order valence-electron chi connectivity index (χ1n) is 10.7. The van der Waals surface area contributed by atoms with Crippen molar-refractivity contribution in [3.63, 3.8) is 0 Å². The molecule has 1 aromatic heterocycles. The van der Waals surface area contributed by atoms with E-state index in [1.807, 2.05) is 24.3 Å². The number of rotatable bonds is 8. The number of esters is 1. The van der Waals surface area contributed by atoms with Gasteiger partial charge in [-0.1, -0.05) is 28.9 Å². The van der Waals surface area contributed by atoms with Gasteiger partial charge in [-0.3, -0.25) is 9.59 Å². The molecule has 0 aliphatic carbocycles. The van der Waals surface area contributed by atoms with Gasteiger partial charge in [-0.2, -0.15) is 0 Å². The molecule has 0 saturated carbocycles. The molecule has 0 amide bonds. The van der Waals surface area contributed by atoms with Crippen LogP contribution < -0.4 is 14.4 Å². The number of hydrogen-bond donors (Lipinski definition) is 0. The number of ketones is 1. The third-order valence-electron chi connectivity index (χ3n) is 5.30. The van der Waals surface area contributed by atoms with Gasteiger partial charge in [0, 0.05) is 37.3 Å². The van der Waals surface area contributed by atoms with Crippen LogP contribution >= 0.6 is 11.6 Å². The summed E-state index contributed by atoms with van der Waals surface area (Å²) in [6.45, 7) is 6.07. The minimum atomic E-state index is -0.448. The lowest BCUT2D eigenvalue weighted by atomic mass is 10.1. The highest BCUT2D eigenvalue weighted by atomic mass is 35.5. The number of anilines is 1. The van der Waals surface area contributed by atoms with Crippen LogP contribution in [0.15, 0.2) is 58.8 Å². The van der Waals surface area contributed by atoms with Gasteiger partial charge in [0.05, 0.1) is 12.0 Å². The van der Waals surface area contributed by atoms with E-state index in [4.69, 9.17) is 25.6 Å². The van der Waals surface area contributed by atoms with E-state index in [1.54, 1.807) is 30.3 Å². The molecule has 1 aliphatic rings. The van der Waals surface area contributed by atoms with Crippen LogP contribution in [0.25, 0.3) is 6.08 Å². The van der Waals surface area contributed by atoms with Crippen molar-refractivity contribution >= 4 is 35.1 Å². The van der Waals surface area contributed by atoms with E-state index in [2.05, 4.69) is 23.9 Å². The van der Waals surface area contributed by atoms with E-state index in [9.17, 15) is 9.59 Å². The van der Waals surface area contributed by atoms with Gasteiger partial charge in [-0.25, -0.2) is 0 Å². The van der Waals surface area contributed by atoms with Crippen molar-refractivity contribution < 1.29 is 23.6 Å². The SMILES string of the molecule is CCN(CC)c1ccc(/C=C2\Oc3cc(OC(=O)CCc4cc(Cl)no4)ccc3C2=O)cc1. The van der Waals surface area contributed by atoms with Gasteiger partial charge >= 0.3 is 5.97 Å². The van der Waals surface area contributed by atoms with Crippen LogP contribution in [0, 0.1) is 0 Å². The van der Waals surface area contributed by atoms with E-state index >= 15 is 0 Å². The summed E-state index contributed by atoms with van der Waals surface area (Å²) >= 11 is 5.70. The maximum atomic E-state index is 12.7. The van der Waals surface area contributed by atoms with E-state index in [-0.39, 0.29) is 23.1 Å². The molecule has 0 atom stereocenters. The summed E-state index contributed by atoms with van der Waals surface area (Å²) in [5, 5.41) is 3.80. The number of nitrogens with zero attached hydrogens (tertiary/aromatic N) is 2. The van der Waals surface area contributed by atoms with Crippen LogP contribution in [0.4, 0.5) is 5.69 Å². The Morgan fingerprint density at radius 2 is 1.88 bits per heavy atom. The molecule has 2 aromatic carbocycles. The molecule has 33 heavy (non-hydrogen) atoms. The molecule has 0 N–H and O–H groups in total. The minimum Gasteiger partial charge on any atom is -0.452 e. The predicted molar refractivity (Wildman–Crippen MR) is 125 cm³/mol. The number of aromatic nitrogens is 1. The van der Waals surface area contributed by atoms with Gasteiger partial charge in [0.15, 0.2) is 10.9 Å². The molecule has 1 aliphatic heterocycles. The molecule has 0 unspecified atom stereocenters. The van der Waals surface area contributed by atoms with Crippen molar-refractivity contribution in [2.45, 2.75) is 26.7 Å². The van der Waals surface area contributed by atoms with Gasteiger partial charge in [0.25, 0.3) is 0 Å². The van der Waals surface area contributed by atoms with Crippen LogP contribution in [0.5, 0.6) is 11.5 Å². The molecule has 0 radical (unpaired) electrons. The lowest BCUT2D eigenvalue weighted by Crippen LogP contribution is -2.21. The molecule has 4 rings (SSSR count). The van der Waals surface area contributed by atoms with Gasteiger partial charge in [-0.05, 0) is 49.8 Å². The standard InChI is InChI=1S/C25H23ClN2O5/c1-3-28(4-2)17-7-5-16(6-8-17)13-22-25(30)20-11-9-18(14-21(20)32-22)31-24(29)12-10-19-15-23(26)27-33-19/h5-9,11,13-15H,3-4,10,12H2,1-2H3/b22-13-. The molecule has 3 aromatic rings. The number of allylic oxidation sites excluding steroid dienone is 1. The summed E-state index contributed by atoms with van der Waals surface area (Å²) < 4.78 is 16.1. The van der Waals surface area contributed by atoms with E-state index < -0.39 is 5.97 Å². The number of aryl methyl sites for hydroxylation is 1. The first kappa shape index (κ1) is 22.6. The first-order chi connectivity index (χ1) is 16.0. The molecular weight excluding hydrogens is 444 g/mol. The van der Waals surface area contributed by atoms with Crippen LogP contribution in [-0.2, 0) is 11.2 Å². The fourth-order valence-electron chi connectivity index (χ4n) is 3.57. The van der Waals surface area contributed by atoms with E-state index in [1.165, 1.54) is 0 Å². The Kier molecular flexibility index (Phi) is 6.79. The molecule has 0 saturated heterocycles. The van der Waals surface area contributed by atoms with Crippen molar-refractivity contribution in [2.24, 2.45) is 0 Å². The van der Waals surface area contributed by atoms with Crippen LogP contribution in [0.3, 0.4) is 0 Å². The number of halogens is 1. The Bertz CT molecular complexity index is 1200. The van der Waals surface area contributed by atoms with Crippen molar-refractivity contribution in [1.82, 2.24) is 5.16 Å². The number of hydrogen-bond acceptors (Lipinski definition) is 7. The lowest BCUT2D eigenvalue weighted by Gasteiger charge is -2.20. The van der Waals surface area contributed by atoms with Crippen molar-refractivity contribution in [1.29, 1.82) is 0 Å². The summed E-state index contributed by atoms with van der Waals surface area (Å²) in [5.41, 5.74) is 2.42. The minimum absolute atomic E-state index is 0.0943. The molecule has 2 heterocycles. The third kappa shape index (κ3) is 5.26. The summed E-state index contributed by atoms with van der Waals surface area (Å²) in [6, 6.07) is 14.2. The number of benzene rings is 2. The predicted octanol–water partition coefficient (Wildman–Crippen LogP) is 5.33. The average Bonchev–Trinajstić information content (AvgIpc) is 3.36. The second-order valence-corrected chi connectivity index (χ2v) is 7.84. The van der Waals surface area contributed by atoms with Crippen molar-refractivity contribution in [3.05, 3.63) is 76.3 Å². The normalized spacial score (nSPS) is 13.7. The maximum Gasteiger partial charge on any atom is 0.311 e. The average molecular weight is 467 g/mol. The molecule has 0 bridgehead atoms. The molecule has 7 nitrogen and oxygen atoms in total. The molecule has 170 valence electrons. The van der Waals surface area contributed by atoms with Crippen LogP contribution in [0.2, 0.25) is 5.15 Å². The number of carbonyl (C=O) groups is 2. The molecule has 0 fully saturated rings. The maximum absolute atomic E-state index is 12.7. The molecular formula is C25H23ClN2O5. The number of fused-ring (bicyclic) bond motifs is 1. The van der Waals surface area contributed by atoms with Crippen LogP contribution in [0.1, 0.15) is 41.9 Å². The second kappa shape index (κ2) is 9.92. The van der Waals surface area contributed by atoms with Crippen molar-refractivity contribution in [2.75, 3.05) is 18.0 Å². The molecule has 8 heteroatoms. The zero-order chi connectivity index (χ0) is 23.4. The van der Waals surface area contributed by atoms with Gasteiger partial charge in [-0.15, -0.1) is 0 Å². The lowest BCUT2D eigenvalue weighted by molar-refractivity contribution is -0.134. The zero-order valence-corrected chi connectivity index (χ0v) is 19.1. The second-order valence-electron chi connectivity index (χ2n) is 7.45. The largest absolute Gasteiger partial charge is 0.452 e. The highest BCUT2D eigenvalue weighted by molar-refractivity contribution is 6.29. The van der Waals surface area contributed by atoms with Crippen LogP contribution in [-0.4, -0.2) is 30.0 Å². The molecule has 0 spiro atoms. The Morgan fingerprint density at radius 1 is 1.12 bits per heavy atom. The van der Waals surface area contributed by atoms with Gasteiger partial charge < -0.3 is 18.9 Å². The summed E-state index contributed by atoms with van der Waals surface area (Å²) in [6.07, 6.45) is 2.12. The summed E-state index contributed by atoms with van der Waals surface area (Å²) in [5.74, 6) is 0.727. The smallest absolute Gasteiger partial charge is 0.311 e. The summed E-state index contributed by atoms with van der Waals surface area (Å²) in [4.78, 5) is 27.1. The fraction of sp³-hybridized carbons (Fsp3) is 0.240. The Balaban J connectivity index is 1.41. The number of Topliss-reactive ketones (excluding diaryl/α,β-unsaturated/α-hetero) is 1. The van der Waals surface area contributed by atoms with E-state index in [0.717, 1.165) is 24.3 Å².